The first-order valence-electron chi connectivity index (χ1n) is 5.95. The molecule has 8 nitrogen and oxygen atoms in total. The van der Waals surface area contributed by atoms with Gasteiger partial charge < -0.3 is 9.63 Å². The average molecular weight is 278 g/mol. The standard InChI is InChI=1S/C12H14N4O4/c1-6(2)16-11(18)8(10(17)14-12(16)19)5-13-9-4-7(3)20-15-9/h4-6,18H,1-3H3,(H,14,17,19). The fourth-order valence-corrected chi connectivity index (χ4v) is 1.69. The molecule has 106 valence electrons. The van der Waals surface area contributed by atoms with Crippen LogP contribution in [0.4, 0.5) is 5.82 Å². The SMILES string of the molecule is Cc1cc(N=Cc2c(O)n(C(C)C)c(=O)[nH]c2=O)no1. The van der Waals surface area contributed by atoms with E-state index < -0.39 is 17.1 Å². The molecule has 0 spiro atoms. The van der Waals surface area contributed by atoms with Gasteiger partial charge in [0, 0.05) is 18.3 Å². The molecule has 0 aliphatic heterocycles. The van der Waals surface area contributed by atoms with Crippen LogP contribution in [0, 0.1) is 6.92 Å². The van der Waals surface area contributed by atoms with E-state index >= 15 is 0 Å². The lowest BCUT2D eigenvalue weighted by molar-refractivity contribution is 0.380. The van der Waals surface area contributed by atoms with Gasteiger partial charge in [-0.25, -0.2) is 9.79 Å². The Labute approximate surface area is 113 Å². The molecule has 0 aliphatic rings. The van der Waals surface area contributed by atoms with Crippen molar-refractivity contribution in [3.63, 3.8) is 0 Å². The van der Waals surface area contributed by atoms with Crippen LogP contribution in [0.2, 0.25) is 0 Å². The molecule has 2 aromatic heterocycles. The second-order valence-corrected chi connectivity index (χ2v) is 4.51. The van der Waals surface area contributed by atoms with E-state index in [1.54, 1.807) is 26.8 Å². The number of H-pyrrole nitrogens is 1. The molecule has 0 radical (unpaired) electrons. The minimum absolute atomic E-state index is 0.112. The number of aliphatic imine (C=N–C) groups is 1. The van der Waals surface area contributed by atoms with Crippen molar-refractivity contribution in [2.24, 2.45) is 4.99 Å². The first kappa shape index (κ1) is 13.8. The summed E-state index contributed by atoms with van der Waals surface area (Å²) in [6.45, 7) is 5.12. The highest BCUT2D eigenvalue weighted by Gasteiger charge is 2.14. The molecule has 2 N–H and O–H groups in total. The first-order valence-corrected chi connectivity index (χ1v) is 5.95. The van der Waals surface area contributed by atoms with Crippen LogP contribution in [0.25, 0.3) is 0 Å². The molecular formula is C12H14N4O4. The minimum Gasteiger partial charge on any atom is -0.494 e. The van der Waals surface area contributed by atoms with Gasteiger partial charge in [-0.05, 0) is 20.8 Å². The highest BCUT2D eigenvalue weighted by atomic mass is 16.5. The van der Waals surface area contributed by atoms with E-state index in [1.165, 1.54) is 0 Å². The first-order chi connectivity index (χ1) is 9.40. The van der Waals surface area contributed by atoms with Crippen molar-refractivity contribution < 1.29 is 9.63 Å². The van der Waals surface area contributed by atoms with Gasteiger partial charge in [-0.15, -0.1) is 0 Å². The molecule has 2 aromatic rings. The van der Waals surface area contributed by atoms with Gasteiger partial charge >= 0.3 is 5.69 Å². The van der Waals surface area contributed by atoms with Crippen molar-refractivity contribution in [3.8, 4) is 5.88 Å². The van der Waals surface area contributed by atoms with Crippen molar-refractivity contribution in [3.05, 3.63) is 38.2 Å². The smallest absolute Gasteiger partial charge is 0.331 e. The molecule has 2 rings (SSSR count). The van der Waals surface area contributed by atoms with E-state index in [9.17, 15) is 14.7 Å². The molecule has 0 saturated carbocycles. The summed E-state index contributed by atoms with van der Waals surface area (Å²) in [4.78, 5) is 29.4. The van der Waals surface area contributed by atoms with E-state index in [0.29, 0.717) is 5.76 Å². The Balaban J connectivity index is 2.52. The van der Waals surface area contributed by atoms with Crippen LogP contribution in [0.3, 0.4) is 0 Å². The minimum atomic E-state index is -0.714. The highest BCUT2D eigenvalue weighted by molar-refractivity contribution is 5.83. The van der Waals surface area contributed by atoms with Crippen LogP contribution in [-0.4, -0.2) is 26.0 Å². The summed E-state index contributed by atoms with van der Waals surface area (Å²) in [6.07, 6.45) is 1.14. The molecule has 0 fully saturated rings. The zero-order valence-corrected chi connectivity index (χ0v) is 11.2. The molecular weight excluding hydrogens is 264 g/mol. The largest absolute Gasteiger partial charge is 0.494 e. The zero-order valence-electron chi connectivity index (χ0n) is 11.2. The Morgan fingerprint density at radius 1 is 1.50 bits per heavy atom. The number of aromatic nitrogens is 3. The summed E-state index contributed by atoms with van der Waals surface area (Å²) >= 11 is 0. The predicted octanol–water partition coefficient (Wildman–Crippen LogP) is 0.870. The maximum absolute atomic E-state index is 11.7. The lowest BCUT2D eigenvalue weighted by Crippen LogP contribution is -2.33. The van der Waals surface area contributed by atoms with Crippen LogP contribution in [0.1, 0.15) is 31.2 Å². The molecule has 0 unspecified atom stereocenters. The van der Waals surface area contributed by atoms with Gasteiger partial charge in [-0.1, -0.05) is 5.16 Å². The number of rotatable bonds is 3. The second kappa shape index (κ2) is 5.16. The Bertz CT molecular complexity index is 766. The molecule has 0 aromatic carbocycles. The van der Waals surface area contributed by atoms with Crippen LogP contribution >= 0.6 is 0 Å². The number of aryl methyl sites for hydroxylation is 1. The van der Waals surface area contributed by atoms with E-state index in [4.69, 9.17) is 4.52 Å². The van der Waals surface area contributed by atoms with E-state index in [0.717, 1.165) is 10.8 Å². The summed E-state index contributed by atoms with van der Waals surface area (Å²) in [7, 11) is 0. The van der Waals surface area contributed by atoms with Crippen molar-refractivity contribution in [1.29, 1.82) is 0 Å². The molecule has 2 heterocycles. The number of nitrogens with zero attached hydrogens (tertiary/aromatic N) is 3. The normalized spacial score (nSPS) is 11.6. The summed E-state index contributed by atoms with van der Waals surface area (Å²) in [5.41, 5.74) is -1.50. The molecule has 8 heteroatoms. The van der Waals surface area contributed by atoms with Crippen LogP contribution < -0.4 is 11.2 Å². The predicted molar refractivity (Wildman–Crippen MR) is 71.9 cm³/mol. The average Bonchev–Trinajstić information content (AvgIpc) is 2.73. The zero-order chi connectivity index (χ0) is 14.9. The fraction of sp³-hybridized carbons (Fsp3) is 0.333. The van der Waals surface area contributed by atoms with Crippen LogP contribution in [0.15, 0.2) is 25.2 Å². The van der Waals surface area contributed by atoms with Gasteiger partial charge in [0.1, 0.15) is 11.3 Å². The topological polar surface area (TPSA) is 113 Å². The summed E-state index contributed by atoms with van der Waals surface area (Å²) in [6, 6.07) is 1.26. The Morgan fingerprint density at radius 3 is 2.75 bits per heavy atom. The number of aromatic hydroxyl groups is 1. The van der Waals surface area contributed by atoms with Gasteiger partial charge in [0.05, 0.1) is 0 Å². The molecule has 0 amide bonds. The van der Waals surface area contributed by atoms with Gasteiger partial charge in [-0.3, -0.25) is 14.3 Å². The summed E-state index contributed by atoms with van der Waals surface area (Å²) in [5.74, 6) is 0.406. The number of hydrogen-bond donors (Lipinski definition) is 2. The Morgan fingerprint density at radius 2 is 2.20 bits per heavy atom. The third-order valence-corrected chi connectivity index (χ3v) is 2.61. The van der Waals surface area contributed by atoms with Crippen molar-refractivity contribution in [2.75, 3.05) is 0 Å². The van der Waals surface area contributed by atoms with Gasteiger partial charge in [0.2, 0.25) is 5.88 Å². The monoisotopic (exact) mass is 278 g/mol. The van der Waals surface area contributed by atoms with Crippen molar-refractivity contribution in [2.45, 2.75) is 26.8 Å². The lowest BCUT2D eigenvalue weighted by Gasteiger charge is -2.12. The fourth-order valence-electron chi connectivity index (χ4n) is 1.69. The number of hydrogen-bond acceptors (Lipinski definition) is 6. The molecule has 0 bridgehead atoms. The van der Waals surface area contributed by atoms with Gasteiger partial charge in [0.25, 0.3) is 5.56 Å². The van der Waals surface area contributed by atoms with E-state index in [2.05, 4.69) is 15.1 Å². The molecule has 20 heavy (non-hydrogen) atoms. The maximum atomic E-state index is 11.7. The van der Waals surface area contributed by atoms with E-state index in [1.807, 2.05) is 0 Å². The van der Waals surface area contributed by atoms with Crippen molar-refractivity contribution >= 4 is 12.0 Å². The van der Waals surface area contributed by atoms with E-state index in [-0.39, 0.29) is 17.4 Å². The second-order valence-electron chi connectivity index (χ2n) is 4.51. The van der Waals surface area contributed by atoms with Gasteiger partial charge in [-0.2, -0.15) is 0 Å². The number of aromatic amines is 1. The van der Waals surface area contributed by atoms with Gasteiger partial charge in [0.15, 0.2) is 5.82 Å². The molecule has 0 atom stereocenters. The maximum Gasteiger partial charge on any atom is 0.331 e. The number of nitrogens with one attached hydrogen (secondary N) is 1. The third kappa shape index (κ3) is 2.53. The van der Waals surface area contributed by atoms with Crippen LogP contribution in [0.5, 0.6) is 5.88 Å². The third-order valence-electron chi connectivity index (χ3n) is 2.61. The molecule has 0 saturated heterocycles. The Kier molecular flexibility index (Phi) is 3.55. The lowest BCUT2D eigenvalue weighted by atomic mass is 10.3. The molecule has 0 aliphatic carbocycles. The highest BCUT2D eigenvalue weighted by Crippen LogP contribution is 2.15. The quantitative estimate of drug-likeness (QED) is 0.809. The van der Waals surface area contributed by atoms with Crippen molar-refractivity contribution in [1.82, 2.24) is 14.7 Å². The van der Waals surface area contributed by atoms with Crippen LogP contribution in [-0.2, 0) is 0 Å². The summed E-state index contributed by atoms with van der Waals surface area (Å²) < 4.78 is 5.89. The Hall–Kier alpha value is -2.64. The summed E-state index contributed by atoms with van der Waals surface area (Å²) in [5, 5.41) is 13.6.